The van der Waals surface area contributed by atoms with Gasteiger partial charge in [0.1, 0.15) is 5.75 Å². The van der Waals surface area contributed by atoms with Crippen LogP contribution >= 0.6 is 0 Å². The number of amides is 2. The fourth-order valence-corrected chi connectivity index (χ4v) is 3.23. The summed E-state index contributed by atoms with van der Waals surface area (Å²) in [4.78, 5) is 14.3. The first kappa shape index (κ1) is 18.2. The maximum atomic E-state index is 12.5. The predicted octanol–water partition coefficient (Wildman–Crippen LogP) is 2.55. The van der Waals surface area contributed by atoms with Crippen LogP contribution in [0.4, 0.5) is 10.5 Å². The molecule has 0 bridgehead atoms. The third-order valence-electron chi connectivity index (χ3n) is 4.55. The Bertz CT molecular complexity index is 751. The van der Waals surface area contributed by atoms with Crippen molar-refractivity contribution in [3.8, 4) is 16.9 Å². The van der Waals surface area contributed by atoms with Crippen LogP contribution in [0, 0.1) is 0 Å². The van der Waals surface area contributed by atoms with Gasteiger partial charge in [-0.2, -0.15) is 0 Å². The topological polar surface area (TPSA) is 73.8 Å². The molecule has 0 aliphatic carbocycles. The van der Waals surface area contributed by atoms with Crippen molar-refractivity contribution in [2.75, 3.05) is 38.7 Å². The number of aliphatic hydroxyl groups is 1. The fraction of sp³-hybridized carbons (Fsp3) is 0.350. The number of aliphatic hydroxyl groups excluding tert-OH is 1. The fourth-order valence-electron chi connectivity index (χ4n) is 3.23. The van der Waals surface area contributed by atoms with E-state index in [-0.39, 0.29) is 18.7 Å². The van der Waals surface area contributed by atoms with Gasteiger partial charge in [-0.3, -0.25) is 0 Å². The zero-order chi connectivity index (χ0) is 18.4. The SMILES string of the molecule is COc1ccccc1-c1cccc(NC(=O)N2CCC(NCCO)C2)c1. The normalized spacial score (nSPS) is 16.5. The molecule has 6 heteroatoms. The number of carbonyl (C=O) groups is 1. The summed E-state index contributed by atoms with van der Waals surface area (Å²) in [7, 11) is 1.65. The van der Waals surface area contributed by atoms with E-state index in [9.17, 15) is 4.79 Å². The molecule has 2 aromatic rings. The summed E-state index contributed by atoms with van der Waals surface area (Å²) in [6, 6.07) is 15.7. The molecule has 1 unspecified atom stereocenters. The maximum absolute atomic E-state index is 12.5. The van der Waals surface area contributed by atoms with E-state index in [1.807, 2.05) is 48.5 Å². The summed E-state index contributed by atoms with van der Waals surface area (Å²) in [6.45, 7) is 2.03. The largest absolute Gasteiger partial charge is 0.496 e. The molecule has 26 heavy (non-hydrogen) atoms. The molecule has 0 spiro atoms. The number of benzene rings is 2. The summed E-state index contributed by atoms with van der Waals surface area (Å²) in [5.41, 5.74) is 2.73. The van der Waals surface area contributed by atoms with Crippen molar-refractivity contribution >= 4 is 11.7 Å². The van der Waals surface area contributed by atoms with Crippen LogP contribution in [0.2, 0.25) is 0 Å². The molecule has 3 rings (SSSR count). The van der Waals surface area contributed by atoms with Crippen LogP contribution in [0.15, 0.2) is 48.5 Å². The molecule has 1 aliphatic heterocycles. The monoisotopic (exact) mass is 355 g/mol. The van der Waals surface area contributed by atoms with Crippen molar-refractivity contribution in [3.63, 3.8) is 0 Å². The van der Waals surface area contributed by atoms with E-state index in [1.165, 1.54) is 0 Å². The second-order valence-electron chi connectivity index (χ2n) is 6.32. The van der Waals surface area contributed by atoms with Crippen LogP contribution < -0.4 is 15.4 Å². The number of hydrogen-bond acceptors (Lipinski definition) is 4. The second-order valence-corrected chi connectivity index (χ2v) is 6.32. The van der Waals surface area contributed by atoms with Gasteiger partial charge in [-0.05, 0) is 30.2 Å². The molecule has 2 amide bonds. The Hall–Kier alpha value is -2.57. The van der Waals surface area contributed by atoms with Gasteiger partial charge in [0.2, 0.25) is 0 Å². The molecular weight excluding hydrogens is 330 g/mol. The van der Waals surface area contributed by atoms with Crippen molar-refractivity contribution in [1.29, 1.82) is 0 Å². The summed E-state index contributed by atoms with van der Waals surface area (Å²) < 4.78 is 5.43. The Balaban J connectivity index is 1.67. The highest BCUT2D eigenvalue weighted by atomic mass is 16.5. The number of para-hydroxylation sites is 1. The van der Waals surface area contributed by atoms with Crippen LogP contribution in [0.25, 0.3) is 11.1 Å². The van der Waals surface area contributed by atoms with Gasteiger partial charge in [0.15, 0.2) is 0 Å². The highest BCUT2D eigenvalue weighted by Crippen LogP contribution is 2.31. The highest BCUT2D eigenvalue weighted by Gasteiger charge is 2.25. The van der Waals surface area contributed by atoms with E-state index in [4.69, 9.17) is 9.84 Å². The summed E-state index contributed by atoms with van der Waals surface area (Å²) in [5, 5.41) is 15.1. The number of urea groups is 1. The van der Waals surface area contributed by atoms with Gasteiger partial charge in [-0.15, -0.1) is 0 Å². The number of rotatable bonds is 6. The molecule has 1 aliphatic rings. The van der Waals surface area contributed by atoms with Crippen molar-refractivity contribution in [3.05, 3.63) is 48.5 Å². The molecule has 138 valence electrons. The molecule has 3 N–H and O–H groups in total. The van der Waals surface area contributed by atoms with Gasteiger partial charge in [-0.25, -0.2) is 4.79 Å². The number of likely N-dealkylation sites (tertiary alicyclic amines) is 1. The Labute approximate surface area is 153 Å². The van der Waals surface area contributed by atoms with E-state index in [2.05, 4.69) is 10.6 Å². The lowest BCUT2D eigenvalue weighted by molar-refractivity contribution is 0.221. The molecule has 0 radical (unpaired) electrons. The van der Waals surface area contributed by atoms with Gasteiger partial charge in [0.25, 0.3) is 0 Å². The lowest BCUT2D eigenvalue weighted by Gasteiger charge is -2.18. The number of hydrogen-bond donors (Lipinski definition) is 3. The third kappa shape index (κ3) is 4.33. The Morgan fingerprint density at radius 1 is 1.27 bits per heavy atom. The molecule has 2 aromatic carbocycles. The molecule has 1 atom stereocenters. The average Bonchev–Trinajstić information content (AvgIpc) is 3.15. The Kier molecular flexibility index (Phi) is 6.09. The summed E-state index contributed by atoms with van der Waals surface area (Å²) >= 11 is 0. The van der Waals surface area contributed by atoms with Gasteiger partial charge in [0, 0.05) is 36.9 Å². The van der Waals surface area contributed by atoms with Crippen LogP contribution in [0.5, 0.6) is 5.75 Å². The van der Waals surface area contributed by atoms with E-state index in [0.717, 1.165) is 29.0 Å². The third-order valence-corrected chi connectivity index (χ3v) is 4.55. The van der Waals surface area contributed by atoms with Crippen molar-refractivity contribution in [2.24, 2.45) is 0 Å². The van der Waals surface area contributed by atoms with Crippen LogP contribution in [-0.2, 0) is 0 Å². The van der Waals surface area contributed by atoms with Gasteiger partial charge in [0.05, 0.1) is 13.7 Å². The molecule has 1 saturated heterocycles. The number of nitrogens with one attached hydrogen (secondary N) is 2. The number of anilines is 1. The minimum absolute atomic E-state index is 0.101. The highest BCUT2D eigenvalue weighted by molar-refractivity contribution is 5.90. The Morgan fingerprint density at radius 3 is 2.92 bits per heavy atom. The number of ether oxygens (including phenoxy) is 1. The minimum atomic E-state index is -0.101. The zero-order valence-corrected chi connectivity index (χ0v) is 14.9. The van der Waals surface area contributed by atoms with Gasteiger partial charge >= 0.3 is 6.03 Å². The first-order chi connectivity index (χ1) is 12.7. The predicted molar refractivity (Wildman–Crippen MR) is 103 cm³/mol. The van der Waals surface area contributed by atoms with Gasteiger partial charge in [-0.1, -0.05) is 30.3 Å². The lowest BCUT2D eigenvalue weighted by atomic mass is 10.0. The molecule has 1 fully saturated rings. The van der Waals surface area contributed by atoms with E-state index >= 15 is 0 Å². The molecule has 6 nitrogen and oxygen atoms in total. The molecular formula is C20H25N3O3. The van der Waals surface area contributed by atoms with Gasteiger partial charge < -0.3 is 25.4 Å². The smallest absolute Gasteiger partial charge is 0.321 e. The lowest BCUT2D eigenvalue weighted by Crippen LogP contribution is -2.38. The maximum Gasteiger partial charge on any atom is 0.321 e. The Morgan fingerprint density at radius 2 is 2.12 bits per heavy atom. The number of nitrogens with zero attached hydrogens (tertiary/aromatic N) is 1. The van der Waals surface area contributed by atoms with E-state index in [1.54, 1.807) is 12.0 Å². The van der Waals surface area contributed by atoms with Crippen molar-refractivity contribution in [1.82, 2.24) is 10.2 Å². The van der Waals surface area contributed by atoms with E-state index < -0.39 is 0 Å². The number of methoxy groups -OCH3 is 1. The van der Waals surface area contributed by atoms with Crippen LogP contribution in [0.3, 0.4) is 0 Å². The number of carbonyl (C=O) groups excluding carboxylic acids is 1. The second kappa shape index (κ2) is 8.69. The minimum Gasteiger partial charge on any atom is -0.496 e. The quantitative estimate of drug-likeness (QED) is 0.745. The van der Waals surface area contributed by atoms with Crippen LogP contribution in [0.1, 0.15) is 6.42 Å². The molecule has 1 heterocycles. The molecule has 0 saturated carbocycles. The van der Waals surface area contributed by atoms with Crippen LogP contribution in [-0.4, -0.2) is 55.4 Å². The van der Waals surface area contributed by atoms with Crippen molar-refractivity contribution < 1.29 is 14.6 Å². The summed E-state index contributed by atoms with van der Waals surface area (Å²) in [6.07, 6.45) is 0.897. The molecule has 0 aromatic heterocycles. The standard InChI is InChI=1S/C20H25N3O3/c1-26-19-8-3-2-7-18(19)15-5-4-6-16(13-15)22-20(25)23-11-9-17(14-23)21-10-12-24/h2-8,13,17,21,24H,9-12,14H2,1H3,(H,22,25). The zero-order valence-electron chi connectivity index (χ0n) is 14.9. The summed E-state index contributed by atoms with van der Waals surface area (Å²) in [5.74, 6) is 0.799. The first-order valence-electron chi connectivity index (χ1n) is 8.85. The average molecular weight is 355 g/mol. The van der Waals surface area contributed by atoms with E-state index in [0.29, 0.717) is 19.6 Å². The first-order valence-corrected chi connectivity index (χ1v) is 8.85. The van der Waals surface area contributed by atoms with Crippen molar-refractivity contribution in [2.45, 2.75) is 12.5 Å².